The van der Waals surface area contributed by atoms with Crippen molar-refractivity contribution in [3.8, 4) is 0 Å². The van der Waals surface area contributed by atoms with Crippen LogP contribution in [0.5, 0.6) is 0 Å². The Morgan fingerprint density at radius 3 is 2.33 bits per heavy atom. The molecule has 0 bridgehead atoms. The molecule has 0 radical (unpaired) electrons. The molecule has 0 atom stereocenters. The zero-order valence-electron chi connectivity index (χ0n) is 15.9. The van der Waals surface area contributed by atoms with Gasteiger partial charge in [0.15, 0.2) is 5.78 Å². The van der Waals surface area contributed by atoms with Gasteiger partial charge in [0.05, 0.1) is 17.6 Å². The summed E-state index contributed by atoms with van der Waals surface area (Å²) < 4.78 is 2.13. The van der Waals surface area contributed by atoms with E-state index in [1.807, 2.05) is 30.9 Å². The number of hydrogen-bond donors (Lipinski definition) is 1. The molecule has 6 heteroatoms. The summed E-state index contributed by atoms with van der Waals surface area (Å²) in [6, 6.07) is 3.85. The van der Waals surface area contributed by atoms with Crippen LogP contribution < -0.4 is 0 Å². The SMILES string of the molecule is O=C(O)CCC(=O)c1ccc(CCCCCCCCCCn2ccnc2)s1. The number of nitrogens with zero attached hydrogens (tertiary/aromatic N) is 2. The summed E-state index contributed by atoms with van der Waals surface area (Å²) in [5, 5.41) is 8.65. The second-order valence-corrected chi connectivity index (χ2v) is 8.13. The Kier molecular flexibility index (Phi) is 9.84. The molecule has 2 aromatic heterocycles. The third kappa shape index (κ3) is 9.00. The highest BCUT2D eigenvalue weighted by Crippen LogP contribution is 2.21. The number of imidazole rings is 1. The van der Waals surface area contributed by atoms with Crippen LogP contribution in [0, 0.1) is 0 Å². The number of carbonyl (C=O) groups is 2. The molecule has 0 aliphatic carbocycles. The van der Waals surface area contributed by atoms with Gasteiger partial charge in [-0.1, -0.05) is 38.5 Å². The Balaban J connectivity index is 1.45. The molecule has 27 heavy (non-hydrogen) atoms. The maximum Gasteiger partial charge on any atom is 0.303 e. The predicted octanol–water partition coefficient (Wildman–Crippen LogP) is 5.36. The lowest BCUT2D eigenvalue weighted by atomic mass is 10.1. The third-order valence-corrected chi connectivity index (χ3v) is 5.84. The van der Waals surface area contributed by atoms with Crippen molar-refractivity contribution in [2.45, 2.75) is 77.2 Å². The van der Waals surface area contributed by atoms with Gasteiger partial charge in [-0.15, -0.1) is 11.3 Å². The van der Waals surface area contributed by atoms with Crippen LogP contribution in [0.15, 0.2) is 30.9 Å². The Bertz CT molecular complexity index is 679. The summed E-state index contributed by atoms with van der Waals surface area (Å²) in [6.07, 6.45) is 16.8. The van der Waals surface area contributed by atoms with Crippen LogP contribution in [-0.2, 0) is 17.8 Å². The summed E-state index contributed by atoms with van der Waals surface area (Å²) in [5.74, 6) is -0.972. The van der Waals surface area contributed by atoms with Crippen molar-refractivity contribution >= 4 is 23.1 Å². The van der Waals surface area contributed by atoms with E-state index in [4.69, 9.17) is 5.11 Å². The van der Waals surface area contributed by atoms with Gasteiger partial charge in [-0.25, -0.2) is 4.98 Å². The van der Waals surface area contributed by atoms with Gasteiger partial charge < -0.3 is 9.67 Å². The van der Waals surface area contributed by atoms with E-state index in [0.29, 0.717) is 4.88 Å². The Labute approximate surface area is 165 Å². The molecular weight excluding hydrogens is 360 g/mol. The molecule has 0 unspecified atom stereocenters. The maximum absolute atomic E-state index is 11.9. The lowest BCUT2D eigenvalue weighted by molar-refractivity contribution is -0.136. The molecule has 2 rings (SSSR count). The number of aliphatic carboxylic acids is 1. The molecule has 0 saturated carbocycles. The number of unbranched alkanes of at least 4 members (excludes halogenated alkanes) is 7. The summed E-state index contributed by atoms with van der Waals surface area (Å²) in [4.78, 5) is 28.4. The van der Waals surface area contributed by atoms with E-state index in [-0.39, 0.29) is 18.6 Å². The molecular formula is C21H30N2O3S. The number of aryl methyl sites for hydroxylation is 2. The minimum Gasteiger partial charge on any atom is -0.481 e. The molecule has 0 saturated heterocycles. The van der Waals surface area contributed by atoms with Crippen LogP contribution in [0.1, 0.15) is 78.8 Å². The topological polar surface area (TPSA) is 72.2 Å². The van der Waals surface area contributed by atoms with E-state index in [1.54, 1.807) is 0 Å². The van der Waals surface area contributed by atoms with E-state index >= 15 is 0 Å². The van der Waals surface area contributed by atoms with Gasteiger partial charge in [0.1, 0.15) is 0 Å². The maximum atomic E-state index is 11.9. The number of carboxylic acids is 1. The first kappa shape index (κ1) is 21.4. The fraction of sp³-hybridized carbons (Fsp3) is 0.571. The Hall–Kier alpha value is -1.95. The average Bonchev–Trinajstić information content (AvgIpc) is 3.33. The first-order chi connectivity index (χ1) is 13.1. The zero-order chi connectivity index (χ0) is 19.3. The molecule has 2 aromatic rings. The number of Topliss-reactive ketones (excluding diaryl/α,β-unsaturated/α-hetero) is 1. The minimum absolute atomic E-state index is 0.0540. The van der Waals surface area contributed by atoms with Gasteiger partial charge in [-0.05, 0) is 31.4 Å². The van der Waals surface area contributed by atoms with Crippen molar-refractivity contribution in [2.75, 3.05) is 0 Å². The normalized spacial score (nSPS) is 11.0. The summed E-state index contributed by atoms with van der Waals surface area (Å²) in [6.45, 7) is 1.07. The second kappa shape index (κ2) is 12.4. The van der Waals surface area contributed by atoms with Crippen LogP contribution in [0.4, 0.5) is 0 Å². The number of thiophene rings is 1. The first-order valence-corrected chi connectivity index (χ1v) is 10.8. The molecule has 0 aromatic carbocycles. The molecule has 148 valence electrons. The standard InChI is InChI=1S/C21H30N2O3S/c24-19(11-13-21(25)26)20-12-10-18(27-20)9-7-5-3-1-2-4-6-8-15-23-16-14-22-17-23/h10,12,14,16-17H,1-9,11,13,15H2,(H,25,26). The minimum atomic E-state index is -0.918. The molecule has 0 amide bonds. The number of carbonyl (C=O) groups excluding carboxylic acids is 1. The largest absolute Gasteiger partial charge is 0.481 e. The van der Waals surface area contributed by atoms with Crippen molar-refractivity contribution in [3.05, 3.63) is 40.6 Å². The number of rotatable bonds is 15. The van der Waals surface area contributed by atoms with Crippen molar-refractivity contribution in [2.24, 2.45) is 0 Å². The predicted molar refractivity (Wildman–Crippen MR) is 108 cm³/mol. The number of hydrogen-bond acceptors (Lipinski definition) is 4. The molecule has 0 aliphatic rings. The van der Waals surface area contributed by atoms with Gasteiger partial charge in [-0.2, -0.15) is 0 Å². The van der Waals surface area contributed by atoms with Crippen LogP contribution in [0.3, 0.4) is 0 Å². The van der Waals surface area contributed by atoms with Gasteiger partial charge >= 0.3 is 5.97 Å². The third-order valence-electron chi connectivity index (χ3n) is 4.65. The average molecular weight is 391 g/mol. The Morgan fingerprint density at radius 2 is 1.67 bits per heavy atom. The van der Waals surface area contributed by atoms with Crippen LogP contribution >= 0.6 is 11.3 Å². The van der Waals surface area contributed by atoms with E-state index in [1.165, 1.54) is 61.2 Å². The molecule has 0 fully saturated rings. The van der Waals surface area contributed by atoms with Crippen molar-refractivity contribution < 1.29 is 14.7 Å². The van der Waals surface area contributed by atoms with Crippen molar-refractivity contribution in [1.29, 1.82) is 0 Å². The molecule has 5 nitrogen and oxygen atoms in total. The van der Waals surface area contributed by atoms with Crippen molar-refractivity contribution in [3.63, 3.8) is 0 Å². The molecule has 2 heterocycles. The summed E-state index contributed by atoms with van der Waals surface area (Å²) in [7, 11) is 0. The lowest BCUT2D eigenvalue weighted by Gasteiger charge is -2.03. The fourth-order valence-electron chi connectivity index (χ4n) is 3.08. The number of ketones is 1. The highest BCUT2D eigenvalue weighted by atomic mass is 32.1. The van der Waals surface area contributed by atoms with E-state index in [9.17, 15) is 9.59 Å². The molecule has 0 spiro atoms. The van der Waals surface area contributed by atoms with Gasteiger partial charge in [0.2, 0.25) is 0 Å². The van der Waals surface area contributed by atoms with Crippen LogP contribution in [-0.4, -0.2) is 26.4 Å². The molecule has 0 aliphatic heterocycles. The van der Waals surface area contributed by atoms with Crippen molar-refractivity contribution in [1.82, 2.24) is 9.55 Å². The highest BCUT2D eigenvalue weighted by Gasteiger charge is 2.11. The van der Waals surface area contributed by atoms with Crippen LogP contribution in [0.2, 0.25) is 0 Å². The van der Waals surface area contributed by atoms with Crippen LogP contribution in [0.25, 0.3) is 0 Å². The second-order valence-electron chi connectivity index (χ2n) is 6.96. The summed E-state index contributed by atoms with van der Waals surface area (Å²) >= 11 is 1.52. The monoisotopic (exact) mass is 390 g/mol. The smallest absolute Gasteiger partial charge is 0.303 e. The first-order valence-electron chi connectivity index (χ1n) is 9.94. The lowest BCUT2D eigenvalue weighted by Crippen LogP contribution is -2.01. The molecule has 1 N–H and O–H groups in total. The number of aromatic nitrogens is 2. The van der Waals surface area contributed by atoms with Gasteiger partial charge in [-0.3, -0.25) is 9.59 Å². The van der Waals surface area contributed by atoms with E-state index in [2.05, 4.69) is 9.55 Å². The Morgan fingerprint density at radius 1 is 0.963 bits per heavy atom. The number of carboxylic acid groups (broad SMARTS) is 1. The van der Waals surface area contributed by atoms with E-state index in [0.717, 1.165) is 19.4 Å². The quantitative estimate of drug-likeness (QED) is 0.328. The van der Waals surface area contributed by atoms with E-state index < -0.39 is 5.97 Å². The summed E-state index contributed by atoms with van der Waals surface area (Å²) in [5.41, 5.74) is 0. The fourth-order valence-corrected chi connectivity index (χ4v) is 4.10. The highest BCUT2D eigenvalue weighted by molar-refractivity contribution is 7.14. The van der Waals surface area contributed by atoms with Gasteiger partial charge in [0, 0.05) is 30.2 Å². The van der Waals surface area contributed by atoms with Gasteiger partial charge in [0.25, 0.3) is 0 Å². The zero-order valence-corrected chi connectivity index (χ0v) is 16.8.